The van der Waals surface area contributed by atoms with Gasteiger partial charge in [0, 0.05) is 12.4 Å². The van der Waals surface area contributed by atoms with Crippen molar-refractivity contribution in [2.45, 2.75) is 6.18 Å². The van der Waals surface area contributed by atoms with Crippen LogP contribution < -0.4 is 5.32 Å². The number of pyridine rings is 1. The molecule has 0 saturated heterocycles. The van der Waals surface area contributed by atoms with Gasteiger partial charge in [-0.05, 0) is 6.07 Å². The molecule has 2 heterocycles. The minimum Gasteiger partial charge on any atom is -0.296 e. The second-order valence-corrected chi connectivity index (χ2v) is 3.95. The van der Waals surface area contributed by atoms with Crippen molar-refractivity contribution in [3.63, 3.8) is 0 Å². The smallest absolute Gasteiger partial charge is 0.296 e. The molecule has 0 bridgehead atoms. The summed E-state index contributed by atoms with van der Waals surface area (Å²) in [5.74, 6) is -0.924. The molecule has 0 aliphatic rings. The number of halogens is 3. The van der Waals surface area contributed by atoms with Gasteiger partial charge in [-0.2, -0.15) is 13.2 Å². The second-order valence-electron chi connectivity index (χ2n) is 3.12. The lowest BCUT2D eigenvalue weighted by Crippen LogP contribution is -2.19. The summed E-state index contributed by atoms with van der Waals surface area (Å²) in [6.45, 7) is 0. The molecule has 1 amide bonds. The molecule has 18 heavy (non-hydrogen) atoms. The van der Waals surface area contributed by atoms with Crippen LogP contribution >= 0.6 is 11.3 Å². The van der Waals surface area contributed by atoms with Crippen molar-refractivity contribution in [3.8, 4) is 0 Å². The summed E-state index contributed by atoms with van der Waals surface area (Å²) in [6, 6.07) is 0.745. The van der Waals surface area contributed by atoms with Gasteiger partial charge in [0.2, 0.25) is 5.13 Å². The van der Waals surface area contributed by atoms with Crippen LogP contribution in [0.2, 0.25) is 0 Å². The maximum Gasteiger partial charge on any atom is 0.417 e. The van der Waals surface area contributed by atoms with Crippen LogP contribution in [0.15, 0.2) is 24.0 Å². The highest BCUT2D eigenvalue weighted by Crippen LogP contribution is 2.31. The van der Waals surface area contributed by atoms with Crippen molar-refractivity contribution in [2.24, 2.45) is 0 Å². The Labute approximate surface area is 103 Å². The van der Waals surface area contributed by atoms with Crippen LogP contribution in [0.1, 0.15) is 15.9 Å². The number of carbonyl (C=O) groups is 1. The Morgan fingerprint density at radius 1 is 1.39 bits per heavy atom. The molecule has 9 heteroatoms. The van der Waals surface area contributed by atoms with Crippen molar-refractivity contribution < 1.29 is 18.0 Å². The van der Waals surface area contributed by atoms with E-state index in [2.05, 4.69) is 20.5 Å². The standard InChI is InChI=1S/C9H5F3N4OS/c10-9(11,12)6-1-2-13-3-5(6)7(17)15-8-16-14-4-18-8/h1-4H,(H,15,16,17). The number of nitrogens with zero attached hydrogens (tertiary/aromatic N) is 3. The van der Waals surface area contributed by atoms with E-state index in [4.69, 9.17) is 0 Å². The van der Waals surface area contributed by atoms with Crippen molar-refractivity contribution in [3.05, 3.63) is 35.1 Å². The first kappa shape index (κ1) is 12.4. The van der Waals surface area contributed by atoms with Crippen LogP contribution in [-0.2, 0) is 6.18 Å². The lowest BCUT2D eigenvalue weighted by molar-refractivity contribution is -0.137. The summed E-state index contributed by atoms with van der Waals surface area (Å²) in [5, 5.41) is 9.30. The molecule has 1 N–H and O–H groups in total. The van der Waals surface area contributed by atoms with Gasteiger partial charge in [0.1, 0.15) is 5.51 Å². The fourth-order valence-electron chi connectivity index (χ4n) is 1.21. The monoisotopic (exact) mass is 274 g/mol. The Morgan fingerprint density at radius 2 is 2.17 bits per heavy atom. The van der Waals surface area contributed by atoms with Gasteiger partial charge < -0.3 is 0 Å². The molecule has 2 aromatic heterocycles. The molecule has 0 spiro atoms. The number of alkyl halides is 3. The molecule has 0 aliphatic heterocycles. The molecule has 0 unspecified atom stereocenters. The number of hydrogen-bond donors (Lipinski definition) is 1. The predicted octanol–water partition coefficient (Wildman–Crippen LogP) is 2.20. The highest BCUT2D eigenvalue weighted by atomic mass is 32.1. The number of anilines is 1. The van der Waals surface area contributed by atoms with E-state index in [-0.39, 0.29) is 5.13 Å². The Morgan fingerprint density at radius 3 is 2.78 bits per heavy atom. The fraction of sp³-hybridized carbons (Fsp3) is 0.111. The normalized spacial score (nSPS) is 11.3. The molecular weight excluding hydrogens is 269 g/mol. The Balaban J connectivity index is 2.31. The van der Waals surface area contributed by atoms with E-state index in [1.807, 2.05) is 0 Å². The Hall–Kier alpha value is -2.03. The highest BCUT2D eigenvalue weighted by molar-refractivity contribution is 7.13. The number of nitrogens with one attached hydrogen (secondary N) is 1. The van der Waals surface area contributed by atoms with E-state index < -0.39 is 23.2 Å². The zero-order valence-electron chi connectivity index (χ0n) is 8.60. The van der Waals surface area contributed by atoms with Crippen molar-refractivity contribution >= 4 is 22.4 Å². The molecule has 0 atom stereocenters. The van der Waals surface area contributed by atoms with E-state index in [1.165, 1.54) is 5.51 Å². The summed E-state index contributed by atoms with van der Waals surface area (Å²) < 4.78 is 38.0. The number of aromatic nitrogens is 3. The molecular formula is C9H5F3N4OS. The van der Waals surface area contributed by atoms with Crippen molar-refractivity contribution in [1.82, 2.24) is 15.2 Å². The molecule has 0 aromatic carbocycles. The third-order valence-electron chi connectivity index (χ3n) is 1.95. The van der Waals surface area contributed by atoms with Crippen LogP contribution in [0.4, 0.5) is 18.3 Å². The van der Waals surface area contributed by atoms with Gasteiger partial charge in [-0.1, -0.05) is 11.3 Å². The van der Waals surface area contributed by atoms with E-state index >= 15 is 0 Å². The predicted molar refractivity (Wildman–Crippen MR) is 57.1 cm³/mol. The first-order valence-electron chi connectivity index (χ1n) is 4.57. The maximum atomic E-state index is 12.7. The minimum absolute atomic E-state index is 0.122. The van der Waals surface area contributed by atoms with Gasteiger partial charge in [0.15, 0.2) is 0 Å². The lowest BCUT2D eigenvalue weighted by Gasteiger charge is -2.10. The van der Waals surface area contributed by atoms with E-state index in [0.29, 0.717) is 0 Å². The number of hydrogen-bond acceptors (Lipinski definition) is 5. The van der Waals surface area contributed by atoms with Crippen LogP contribution in [0.25, 0.3) is 0 Å². The first-order chi connectivity index (χ1) is 8.48. The molecule has 2 aromatic rings. The van der Waals surface area contributed by atoms with Crippen molar-refractivity contribution in [1.29, 1.82) is 0 Å². The average molecular weight is 274 g/mol. The second kappa shape index (κ2) is 4.69. The molecule has 0 fully saturated rings. The van der Waals surface area contributed by atoms with Crippen LogP contribution in [0.5, 0.6) is 0 Å². The summed E-state index contributed by atoms with van der Waals surface area (Å²) >= 11 is 1.00. The molecule has 94 valence electrons. The largest absolute Gasteiger partial charge is 0.417 e. The van der Waals surface area contributed by atoms with Crippen molar-refractivity contribution in [2.75, 3.05) is 5.32 Å². The Kier molecular flexibility index (Phi) is 3.24. The molecule has 0 radical (unpaired) electrons. The number of carbonyl (C=O) groups excluding carboxylic acids is 1. The quantitative estimate of drug-likeness (QED) is 0.911. The van der Waals surface area contributed by atoms with Gasteiger partial charge >= 0.3 is 6.18 Å². The van der Waals surface area contributed by atoms with Gasteiger partial charge in [-0.3, -0.25) is 15.1 Å². The zero-order valence-corrected chi connectivity index (χ0v) is 9.42. The number of rotatable bonds is 2. The third-order valence-corrected chi connectivity index (χ3v) is 2.56. The van der Waals surface area contributed by atoms with E-state index in [0.717, 1.165) is 29.8 Å². The van der Waals surface area contributed by atoms with Gasteiger partial charge in [-0.25, -0.2) is 0 Å². The molecule has 0 aliphatic carbocycles. The highest BCUT2D eigenvalue weighted by Gasteiger charge is 2.35. The maximum absolute atomic E-state index is 12.7. The SMILES string of the molecule is O=C(Nc1nncs1)c1cnccc1C(F)(F)F. The fourth-order valence-corrected chi connectivity index (χ4v) is 1.65. The summed E-state index contributed by atoms with van der Waals surface area (Å²) in [7, 11) is 0. The van der Waals surface area contributed by atoms with Gasteiger partial charge in [-0.15, -0.1) is 10.2 Å². The average Bonchev–Trinajstić information content (AvgIpc) is 2.80. The van der Waals surface area contributed by atoms with Gasteiger partial charge in [0.05, 0.1) is 11.1 Å². The summed E-state index contributed by atoms with van der Waals surface area (Å²) in [4.78, 5) is 15.2. The van der Waals surface area contributed by atoms with Gasteiger partial charge in [0.25, 0.3) is 5.91 Å². The number of amides is 1. The van der Waals surface area contributed by atoms with Crippen LogP contribution in [-0.4, -0.2) is 21.1 Å². The third kappa shape index (κ3) is 2.62. The molecule has 5 nitrogen and oxygen atoms in total. The lowest BCUT2D eigenvalue weighted by atomic mass is 10.1. The van der Waals surface area contributed by atoms with Crippen LogP contribution in [0.3, 0.4) is 0 Å². The van der Waals surface area contributed by atoms with E-state index in [9.17, 15) is 18.0 Å². The summed E-state index contributed by atoms with van der Waals surface area (Å²) in [5.41, 5.74) is -0.247. The first-order valence-corrected chi connectivity index (χ1v) is 5.45. The summed E-state index contributed by atoms with van der Waals surface area (Å²) in [6.07, 6.45) is -2.78. The Bertz CT molecular complexity index is 555. The van der Waals surface area contributed by atoms with Crippen LogP contribution in [0, 0.1) is 0 Å². The topological polar surface area (TPSA) is 67.8 Å². The van der Waals surface area contributed by atoms with E-state index in [1.54, 1.807) is 0 Å². The molecule has 2 rings (SSSR count). The minimum atomic E-state index is -4.61. The zero-order chi connectivity index (χ0) is 13.2. The molecule has 0 saturated carbocycles.